The van der Waals surface area contributed by atoms with Crippen molar-refractivity contribution in [2.24, 2.45) is 0 Å². The Labute approximate surface area is 149 Å². The zero-order valence-corrected chi connectivity index (χ0v) is 15.3. The average molecular weight is 462 g/mol. The zero-order valence-electron chi connectivity index (χ0n) is 11.6. The highest BCUT2D eigenvalue weighted by Crippen LogP contribution is 2.29. The summed E-state index contributed by atoms with van der Waals surface area (Å²) in [6.45, 7) is 3.55. The number of aromatic nitrogens is 1. The molecule has 0 N–H and O–H groups in total. The Morgan fingerprint density at radius 3 is 2.45 bits per heavy atom. The summed E-state index contributed by atoms with van der Waals surface area (Å²) in [6.07, 6.45) is 0.958. The van der Waals surface area contributed by atoms with Gasteiger partial charge in [-0.2, -0.15) is 0 Å². The van der Waals surface area contributed by atoms with Crippen LogP contribution in [0.4, 0.5) is 4.39 Å². The standard InChI is InChI=1S/C13H11Cl2FINO4/c1-3-21-5-6(13(20)22-4-2)10(19)7-9(17)8(16)12(15)18-11(7)14/h5H,3-4H2,1-2H3. The van der Waals surface area contributed by atoms with Gasteiger partial charge in [-0.3, -0.25) is 4.79 Å². The molecule has 22 heavy (non-hydrogen) atoms. The monoisotopic (exact) mass is 461 g/mol. The minimum absolute atomic E-state index is 0.0631. The Balaban J connectivity index is 3.37. The van der Waals surface area contributed by atoms with E-state index in [1.165, 1.54) is 0 Å². The molecule has 0 atom stereocenters. The molecule has 9 heteroatoms. The van der Waals surface area contributed by atoms with Gasteiger partial charge in [-0.1, -0.05) is 23.2 Å². The molecule has 1 aromatic rings. The van der Waals surface area contributed by atoms with Crippen LogP contribution >= 0.6 is 45.8 Å². The van der Waals surface area contributed by atoms with Crippen molar-refractivity contribution in [1.82, 2.24) is 4.98 Å². The molecule has 0 amide bonds. The highest BCUT2D eigenvalue weighted by molar-refractivity contribution is 14.1. The Kier molecular flexibility index (Phi) is 7.51. The largest absolute Gasteiger partial charge is 0.500 e. The molecular weight excluding hydrogens is 451 g/mol. The molecule has 1 aromatic heterocycles. The fraction of sp³-hybridized carbons (Fsp3) is 0.308. The Morgan fingerprint density at radius 1 is 1.27 bits per heavy atom. The second-order valence-electron chi connectivity index (χ2n) is 3.73. The normalized spacial score (nSPS) is 11.3. The van der Waals surface area contributed by atoms with Gasteiger partial charge >= 0.3 is 5.97 Å². The second-order valence-corrected chi connectivity index (χ2v) is 5.53. The number of hydrogen-bond donors (Lipinski definition) is 0. The fourth-order valence-corrected chi connectivity index (χ4v) is 2.94. The van der Waals surface area contributed by atoms with E-state index in [9.17, 15) is 14.0 Å². The van der Waals surface area contributed by atoms with Crippen LogP contribution in [0.25, 0.3) is 0 Å². The van der Waals surface area contributed by atoms with E-state index in [1.807, 2.05) is 0 Å². The van der Waals surface area contributed by atoms with E-state index in [0.29, 0.717) is 0 Å². The van der Waals surface area contributed by atoms with Gasteiger partial charge in [0, 0.05) is 0 Å². The van der Waals surface area contributed by atoms with E-state index in [0.717, 1.165) is 6.26 Å². The topological polar surface area (TPSA) is 65.5 Å². The minimum Gasteiger partial charge on any atom is -0.500 e. The number of pyridine rings is 1. The number of carbonyl (C=O) groups is 2. The SMILES string of the molecule is CCOC=C(C(=O)OCC)C(=O)c1c(Cl)nc(Cl)c(F)c1I. The number of halogens is 4. The summed E-state index contributed by atoms with van der Waals surface area (Å²) in [5.41, 5.74) is -0.685. The van der Waals surface area contributed by atoms with Crippen molar-refractivity contribution in [3.8, 4) is 0 Å². The first-order valence-electron chi connectivity index (χ1n) is 6.08. The molecule has 0 unspecified atom stereocenters. The number of ether oxygens (including phenoxy) is 2. The van der Waals surface area contributed by atoms with Crippen molar-refractivity contribution in [2.75, 3.05) is 13.2 Å². The minimum atomic E-state index is -0.900. The Bertz CT molecular complexity index is 637. The van der Waals surface area contributed by atoms with Crippen molar-refractivity contribution >= 4 is 57.5 Å². The number of ketones is 1. The van der Waals surface area contributed by atoms with Crippen LogP contribution in [0.5, 0.6) is 0 Å². The first-order chi connectivity index (χ1) is 10.3. The summed E-state index contributed by atoms with van der Waals surface area (Å²) in [5, 5.41) is -0.773. The lowest BCUT2D eigenvalue weighted by atomic mass is 10.1. The predicted molar refractivity (Wildman–Crippen MR) is 87.6 cm³/mol. The molecule has 0 bridgehead atoms. The fourth-order valence-electron chi connectivity index (χ4n) is 1.38. The van der Waals surface area contributed by atoms with Crippen LogP contribution in [-0.2, 0) is 14.3 Å². The Morgan fingerprint density at radius 2 is 1.91 bits per heavy atom. The van der Waals surface area contributed by atoms with Gasteiger partial charge in [-0.15, -0.1) is 0 Å². The van der Waals surface area contributed by atoms with Crippen LogP contribution in [0.3, 0.4) is 0 Å². The number of esters is 1. The van der Waals surface area contributed by atoms with Gasteiger partial charge in [0.05, 0.1) is 22.3 Å². The molecule has 0 aliphatic rings. The third-order valence-electron chi connectivity index (χ3n) is 2.33. The lowest BCUT2D eigenvalue weighted by Gasteiger charge is -2.10. The van der Waals surface area contributed by atoms with E-state index < -0.39 is 28.3 Å². The number of carbonyl (C=O) groups excluding carboxylic acids is 2. The van der Waals surface area contributed by atoms with E-state index in [-0.39, 0.29) is 27.5 Å². The van der Waals surface area contributed by atoms with E-state index in [1.54, 1.807) is 36.4 Å². The molecule has 0 aliphatic carbocycles. The first kappa shape index (κ1) is 19.1. The van der Waals surface area contributed by atoms with Gasteiger partial charge < -0.3 is 9.47 Å². The van der Waals surface area contributed by atoms with Gasteiger partial charge in [-0.05, 0) is 36.4 Å². The number of nitrogens with zero attached hydrogens (tertiary/aromatic N) is 1. The van der Waals surface area contributed by atoms with Crippen LogP contribution in [0, 0.1) is 9.39 Å². The van der Waals surface area contributed by atoms with Crippen molar-refractivity contribution in [3.05, 3.63) is 37.1 Å². The van der Waals surface area contributed by atoms with Crippen LogP contribution < -0.4 is 0 Å². The molecule has 0 spiro atoms. The number of rotatable bonds is 6. The number of hydrogen-bond acceptors (Lipinski definition) is 5. The van der Waals surface area contributed by atoms with Gasteiger partial charge in [-0.25, -0.2) is 14.2 Å². The molecule has 1 rings (SSSR count). The van der Waals surface area contributed by atoms with E-state index >= 15 is 0 Å². The molecule has 0 saturated carbocycles. The van der Waals surface area contributed by atoms with Crippen molar-refractivity contribution < 1.29 is 23.5 Å². The third-order valence-corrected chi connectivity index (χ3v) is 3.87. The lowest BCUT2D eigenvalue weighted by Crippen LogP contribution is -2.19. The molecule has 0 aliphatic heterocycles. The smallest absolute Gasteiger partial charge is 0.345 e. The first-order valence-corrected chi connectivity index (χ1v) is 7.92. The van der Waals surface area contributed by atoms with Crippen molar-refractivity contribution in [1.29, 1.82) is 0 Å². The maximum Gasteiger partial charge on any atom is 0.345 e. The highest BCUT2D eigenvalue weighted by atomic mass is 127. The maximum atomic E-state index is 13.8. The van der Waals surface area contributed by atoms with Crippen molar-refractivity contribution in [3.63, 3.8) is 0 Å². The molecule has 0 radical (unpaired) electrons. The van der Waals surface area contributed by atoms with E-state index in [2.05, 4.69) is 4.98 Å². The summed E-state index contributed by atoms with van der Waals surface area (Å²) in [7, 11) is 0. The molecule has 5 nitrogen and oxygen atoms in total. The van der Waals surface area contributed by atoms with Gasteiger partial charge in [0.2, 0.25) is 5.78 Å². The van der Waals surface area contributed by atoms with E-state index in [4.69, 9.17) is 32.7 Å². The summed E-state index contributed by atoms with van der Waals surface area (Å²) in [5.74, 6) is -2.65. The summed E-state index contributed by atoms with van der Waals surface area (Å²) in [4.78, 5) is 27.9. The van der Waals surface area contributed by atoms with Gasteiger partial charge in [0.25, 0.3) is 0 Å². The van der Waals surface area contributed by atoms with Crippen LogP contribution in [0.2, 0.25) is 10.3 Å². The summed E-state index contributed by atoms with van der Waals surface area (Å²) in [6, 6.07) is 0. The summed E-state index contributed by atoms with van der Waals surface area (Å²) < 4.78 is 23.4. The maximum absolute atomic E-state index is 13.8. The zero-order chi connectivity index (χ0) is 16.9. The van der Waals surface area contributed by atoms with Gasteiger partial charge in [0.15, 0.2) is 11.0 Å². The molecule has 0 fully saturated rings. The van der Waals surface area contributed by atoms with Crippen molar-refractivity contribution in [2.45, 2.75) is 13.8 Å². The number of Topliss-reactive ketones (excluding diaryl/α,β-unsaturated/α-hetero) is 1. The average Bonchev–Trinajstić information content (AvgIpc) is 2.45. The van der Waals surface area contributed by atoms with Crippen LogP contribution in [-0.4, -0.2) is 30.0 Å². The molecular formula is C13H11Cl2FINO4. The molecule has 0 aromatic carbocycles. The summed E-state index contributed by atoms with van der Waals surface area (Å²) >= 11 is 13.0. The molecule has 120 valence electrons. The quantitative estimate of drug-likeness (QED) is 0.0942. The second kappa shape index (κ2) is 8.64. The van der Waals surface area contributed by atoms with Crippen LogP contribution in [0.1, 0.15) is 24.2 Å². The molecule has 0 saturated heterocycles. The predicted octanol–water partition coefficient (Wildman–Crippen LogP) is 3.80. The Hall–Kier alpha value is -0.930. The highest BCUT2D eigenvalue weighted by Gasteiger charge is 2.29. The lowest BCUT2D eigenvalue weighted by molar-refractivity contribution is -0.138. The third kappa shape index (κ3) is 4.30. The van der Waals surface area contributed by atoms with Gasteiger partial charge in [0.1, 0.15) is 17.0 Å². The molecule has 1 heterocycles. The van der Waals surface area contributed by atoms with Crippen LogP contribution in [0.15, 0.2) is 11.8 Å².